The summed E-state index contributed by atoms with van der Waals surface area (Å²) in [4.78, 5) is 26.2. The predicted molar refractivity (Wildman–Crippen MR) is 87.6 cm³/mol. The van der Waals surface area contributed by atoms with Crippen LogP contribution in [0, 0.1) is 0 Å². The maximum atomic E-state index is 12.2. The van der Waals surface area contributed by atoms with Crippen LogP contribution in [0.1, 0.15) is 32.1 Å². The molecule has 5 nitrogen and oxygen atoms in total. The number of nitrogens with one attached hydrogen (secondary N) is 2. The monoisotopic (exact) mass is 303 g/mol. The van der Waals surface area contributed by atoms with Crippen LogP contribution >= 0.6 is 0 Å². The second kappa shape index (κ2) is 8.54. The third-order valence-electron chi connectivity index (χ3n) is 4.03. The topological polar surface area (TPSA) is 61.4 Å². The number of anilines is 1. The molecule has 2 N–H and O–H groups in total. The van der Waals surface area contributed by atoms with Crippen molar-refractivity contribution in [2.75, 3.05) is 25.5 Å². The molecule has 1 unspecified atom stereocenters. The van der Waals surface area contributed by atoms with E-state index in [9.17, 15) is 9.59 Å². The molecule has 1 heterocycles. The van der Waals surface area contributed by atoms with E-state index in [1.807, 2.05) is 37.4 Å². The van der Waals surface area contributed by atoms with Gasteiger partial charge >= 0.3 is 0 Å². The van der Waals surface area contributed by atoms with Gasteiger partial charge < -0.3 is 10.6 Å². The van der Waals surface area contributed by atoms with Crippen molar-refractivity contribution in [3.05, 3.63) is 30.3 Å². The van der Waals surface area contributed by atoms with Crippen molar-refractivity contribution in [1.82, 2.24) is 10.2 Å². The highest BCUT2D eigenvalue weighted by atomic mass is 16.2. The third-order valence-corrected chi connectivity index (χ3v) is 4.03. The highest BCUT2D eigenvalue weighted by Gasteiger charge is 2.24. The van der Waals surface area contributed by atoms with E-state index in [0.29, 0.717) is 6.54 Å². The SMILES string of the molecule is CN1CCCCCC1C(=O)NCCC(=O)Nc1ccccc1. The smallest absolute Gasteiger partial charge is 0.237 e. The van der Waals surface area contributed by atoms with Gasteiger partial charge in [-0.2, -0.15) is 0 Å². The molecule has 0 saturated carbocycles. The number of rotatable bonds is 5. The van der Waals surface area contributed by atoms with E-state index in [1.165, 1.54) is 6.42 Å². The van der Waals surface area contributed by atoms with E-state index in [4.69, 9.17) is 0 Å². The van der Waals surface area contributed by atoms with Crippen molar-refractivity contribution in [2.24, 2.45) is 0 Å². The van der Waals surface area contributed by atoms with Crippen molar-refractivity contribution in [3.8, 4) is 0 Å². The summed E-state index contributed by atoms with van der Waals surface area (Å²) in [5.41, 5.74) is 0.780. The number of amides is 2. The summed E-state index contributed by atoms with van der Waals surface area (Å²) in [6, 6.07) is 9.28. The highest BCUT2D eigenvalue weighted by Crippen LogP contribution is 2.15. The molecule has 1 saturated heterocycles. The maximum Gasteiger partial charge on any atom is 0.237 e. The van der Waals surface area contributed by atoms with Crippen LogP contribution in [0.2, 0.25) is 0 Å². The molecule has 2 rings (SSSR count). The van der Waals surface area contributed by atoms with Gasteiger partial charge in [0.1, 0.15) is 0 Å². The lowest BCUT2D eigenvalue weighted by molar-refractivity contribution is -0.126. The number of benzene rings is 1. The standard InChI is InChI=1S/C17H25N3O2/c1-20-13-7-3-6-10-15(20)17(22)18-12-11-16(21)19-14-8-4-2-5-9-14/h2,4-5,8-9,15H,3,6-7,10-13H2,1H3,(H,18,22)(H,19,21). The predicted octanol–water partition coefficient (Wildman–Crippen LogP) is 2.01. The van der Waals surface area contributed by atoms with Crippen LogP contribution < -0.4 is 10.6 Å². The lowest BCUT2D eigenvalue weighted by atomic mass is 10.1. The molecule has 1 aromatic rings. The lowest BCUT2D eigenvalue weighted by Gasteiger charge is -2.24. The van der Waals surface area contributed by atoms with Crippen LogP contribution in [0.4, 0.5) is 5.69 Å². The molecule has 1 aliphatic rings. The molecule has 2 amide bonds. The van der Waals surface area contributed by atoms with Gasteiger partial charge in [0.05, 0.1) is 6.04 Å². The van der Waals surface area contributed by atoms with Crippen molar-refractivity contribution < 1.29 is 9.59 Å². The number of nitrogens with zero attached hydrogens (tertiary/aromatic N) is 1. The number of para-hydroxylation sites is 1. The largest absolute Gasteiger partial charge is 0.354 e. The van der Waals surface area contributed by atoms with Crippen LogP contribution in [0.15, 0.2) is 30.3 Å². The molecule has 0 spiro atoms. The molecule has 1 aromatic carbocycles. The number of likely N-dealkylation sites (tertiary alicyclic amines) is 1. The van der Waals surface area contributed by atoms with E-state index in [-0.39, 0.29) is 24.3 Å². The Balaban J connectivity index is 1.71. The molecule has 22 heavy (non-hydrogen) atoms. The first kappa shape index (κ1) is 16.5. The lowest BCUT2D eigenvalue weighted by Crippen LogP contribution is -2.45. The van der Waals surface area contributed by atoms with E-state index in [0.717, 1.165) is 31.5 Å². The third kappa shape index (κ3) is 5.15. The number of hydrogen-bond acceptors (Lipinski definition) is 3. The van der Waals surface area contributed by atoms with Gasteiger partial charge in [-0.05, 0) is 38.6 Å². The van der Waals surface area contributed by atoms with E-state index in [1.54, 1.807) is 0 Å². The van der Waals surface area contributed by atoms with E-state index in [2.05, 4.69) is 15.5 Å². The first-order valence-corrected chi connectivity index (χ1v) is 7.99. The molecular formula is C17H25N3O2. The van der Waals surface area contributed by atoms with E-state index < -0.39 is 0 Å². The summed E-state index contributed by atoms with van der Waals surface area (Å²) < 4.78 is 0. The average Bonchev–Trinajstić information content (AvgIpc) is 2.72. The van der Waals surface area contributed by atoms with Gasteiger partial charge in [-0.3, -0.25) is 14.5 Å². The van der Waals surface area contributed by atoms with Gasteiger partial charge in [-0.1, -0.05) is 31.0 Å². The van der Waals surface area contributed by atoms with Crippen LogP contribution in [-0.4, -0.2) is 42.9 Å². The number of carbonyl (C=O) groups excluding carboxylic acids is 2. The summed E-state index contributed by atoms with van der Waals surface area (Å²) in [6.07, 6.45) is 4.62. The van der Waals surface area contributed by atoms with E-state index >= 15 is 0 Å². The van der Waals surface area contributed by atoms with Crippen LogP contribution in [0.5, 0.6) is 0 Å². The number of likely N-dealkylation sites (N-methyl/N-ethyl adjacent to an activating group) is 1. The molecule has 1 atom stereocenters. The fraction of sp³-hybridized carbons (Fsp3) is 0.529. The quantitative estimate of drug-likeness (QED) is 0.874. The molecule has 0 aromatic heterocycles. The Hall–Kier alpha value is -1.88. The first-order chi connectivity index (χ1) is 10.7. The molecule has 1 fully saturated rings. The normalized spacial score (nSPS) is 19.2. The van der Waals surface area contributed by atoms with Gasteiger partial charge in [-0.25, -0.2) is 0 Å². The Morgan fingerprint density at radius 3 is 2.73 bits per heavy atom. The molecule has 0 radical (unpaired) electrons. The summed E-state index contributed by atoms with van der Waals surface area (Å²) >= 11 is 0. The van der Waals surface area contributed by atoms with Crippen molar-refractivity contribution in [1.29, 1.82) is 0 Å². The second-order valence-corrected chi connectivity index (χ2v) is 5.80. The van der Waals surface area contributed by atoms with Crippen molar-refractivity contribution >= 4 is 17.5 Å². The zero-order valence-electron chi connectivity index (χ0n) is 13.2. The highest BCUT2D eigenvalue weighted by molar-refractivity contribution is 5.91. The Morgan fingerprint density at radius 1 is 1.18 bits per heavy atom. The summed E-state index contributed by atoms with van der Waals surface area (Å²) in [7, 11) is 2.00. The first-order valence-electron chi connectivity index (χ1n) is 7.99. The fourth-order valence-corrected chi connectivity index (χ4v) is 2.75. The second-order valence-electron chi connectivity index (χ2n) is 5.80. The zero-order chi connectivity index (χ0) is 15.8. The molecule has 5 heteroatoms. The molecule has 120 valence electrons. The van der Waals surface area contributed by atoms with Crippen molar-refractivity contribution in [2.45, 2.75) is 38.1 Å². The van der Waals surface area contributed by atoms with Crippen LogP contribution in [-0.2, 0) is 9.59 Å². The molecule has 0 bridgehead atoms. The molecule has 0 aliphatic carbocycles. The summed E-state index contributed by atoms with van der Waals surface area (Å²) in [5, 5.41) is 5.70. The minimum absolute atomic E-state index is 0.0388. The average molecular weight is 303 g/mol. The van der Waals surface area contributed by atoms with Gasteiger partial charge in [-0.15, -0.1) is 0 Å². The Bertz CT molecular complexity index is 490. The molecule has 1 aliphatic heterocycles. The summed E-state index contributed by atoms with van der Waals surface area (Å²) in [6.45, 7) is 1.34. The zero-order valence-corrected chi connectivity index (χ0v) is 13.2. The molecular weight excluding hydrogens is 278 g/mol. The number of hydrogen-bond donors (Lipinski definition) is 2. The van der Waals surface area contributed by atoms with Gasteiger partial charge in [0.2, 0.25) is 11.8 Å². The van der Waals surface area contributed by atoms with Crippen LogP contribution in [0.3, 0.4) is 0 Å². The van der Waals surface area contributed by atoms with Gasteiger partial charge in [0.25, 0.3) is 0 Å². The Morgan fingerprint density at radius 2 is 1.95 bits per heavy atom. The van der Waals surface area contributed by atoms with Gasteiger partial charge in [0.15, 0.2) is 0 Å². The number of carbonyl (C=O) groups is 2. The minimum Gasteiger partial charge on any atom is -0.354 e. The fourth-order valence-electron chi connectivity index (χ4n) is 2.75. The van der Waals surface area contributed by atoms with Gasteiger partial charge in [0, 0.05) is 18.7 Å². The Labute approximate surface area is 132 Å². The van der Waals surface area contributed by atoms with Crippen molar-refractivity contribution in [3.63, 3.8) is 0 Å². The Kier molecular flexibility index (Phi) is 6.40. The summed E-state index contributed by atoms with van der Waals surface area (Å²) in [5.74, 6) is -0.0439. The maximum absolute atomic E-state index is 12.2. The minimum atomic E-state index is -0.0827. The van der Waals surface area contributed by atoms with Crippen LogP contribution in [0.25, 0.3) is 0 Å².